The molecule has 1 aromatic carbocycles. The predicted molar refractivity (Wildman–Crippen MR) is 95.3 cm³/mol. The minimum atomic E-state index is -0.411. The molecule has 0 bridgehead atoms. The Morgan fingerprint density at radius 2 is 1.92 bits per heavy atom. The van der Waals surface area contributed by atoms with Gasteiger partial charge in [0.1, 0.15) is 5.82 Å². The number of ketones is 1. The molecule has 5 heteroatoms. The van der Waals surface area contributed by atoms with Crippen molar-refractivity contribution in [2.24, 2.45) is 0 Å². The summed E-state index contributed by atoms with van der Waals surface area (Å²) in [6, 6.07) is 5.59. The molecule has 24 heavy (non-hydrogen) atoms. The Labute approximate surface area is 144 Å². The second kappa shape index (κ2) is 7.62. The van der Waals surface area contributed by atoms with Crippen LogP contribution in [-0.2, 0) is 0 Å². The van der Waals surface area contributed by atoms with Crippen LogP contribution in [0.3, 0.4) is 0 Å². The van der Waals surface area contributed by atoms with Crippen molar-refractivity contribution < 1.29 is 9.18 Å². The maximum absolute atomic E-state index is 14.0. The molecule has 0 N–H and O–H groups in total. The largest absolute Gasteiger partial charge is 0.368 e. The molecule has 0 amide bonds. The number of Topliss-reactive ketones (excluding diaryl/α,β-unsaturated/α-hetero) is 1. The van der Waals surface area contributed by atoms with Gasteiger partial charge in [-0.15, -0.1) is 0 Å². The van der Waals surface area contributed by atoms with Crippen LogP contribution in [0, 0.1) is 5.82 Å². The Kier molecular flexibility index (Phi) is 5.51. The van der Waals surface area contributed by atoms with Gasteiger partial charge >= 0.3 is 0 Å². The van der Waals surface area contributed by atoms with E-state index in [4.69, 9.17) is 0 Å². The van der Waals surface area contributed by atoms with Crippen molar-refractivity contribution in [2.75, 3.05) is 51.2 Å². The van der Waals surface area contributed by atoms with Crippen molar-refractivity contribution in [3.05, 3.63) is 29.6 Å². The van der Waals surface area contributed by atoms with Gasteiger partial charge in [-0.1, -0.05) is 12.5 Å². The van der Waals surface area contributed by atoms with Gasteiger partial charge in [0, 0.05) is 38.8 Å². The lowest BCUT2D eigenvalue weighted by Crippen LogP contribution is -2.52. The number of hydrogen-bond acceptors (Lipinski definition) is 4. The first-order valence-corrected chi connectivity index (χ1v) is 9.03. The average Bonchev–Trinajstić information content (AvgIpc) is 2.57. The van der Waals surface area contributed by atoms with Crippen LogP contribution in [0.15, 0.2) is 18.2 Å². The molecule has 0 saturated carbocycles. The summed E-state index contributed by atoms with van der Waals surface area (Å²) in [6.45, 7) is 7.40. The number of rotatable bonds is 4. The normalized spacial score (nSPS) is 23.5. The Bertz CT molecular complexity index is 584. The van der Waals surface area contributed by atoms with E-state index in [1.807, 2.05) is 6.07 Å². The Balaban J connectivity index is 1.61. The highest BCUT2D eigenvalue weighted by Crippen LogP contribution is 2.25. The summed E-state index contributed by atoms with van der Waals surface area (Å²) in [5.74, 6) is -0.611. The van der Waals surface area contributed by atoms with E-state index in [0.29, 0.717) is 6.04 Å². The lowest BCUT2D eigenvalue weighted by Gasteiger charge is -2.41. The summed E-state index contributed by atoms with van der Waals surface area (Å²) in [5.41, 5.74) is 0.981. The number of piperazine rings is 1. The molecule has 2 saturated heterocycles. The number of likely N-dealkylation sites (tertiary alicyclic amines) is 1. The molecule has 2 heterocycles. The number of carbonyl (C=O) groups excluding carboxylic acids is 1. The highest BCUT2D eigenvalue weighted by Gasteiger charge is 2.26. The van der Waals surface area contributed by atoms with Crippen molar-refractivity contribution in [3.63, 3.8) is 0 Å². The molecule has 4 nitrogen and oxygen atoms in total. The fourth-order valence-electron chi connectivity index (χ4n) is 3.97. The van der Waals surface area contributed by atoms with Gasteiger partial charge in [0.2, 0.25) is 0 Å². The number of hydrogen-bond donors (Lipinski definition) is 0. The quantitative estimate of drug-likeness (QED) is 0.792. The smallest absolute Gasteiger partial charge is 0.164 e. The molecule has 3 rings (SSSR count). The molecule has 2 aliphatic heterocycles. The first kappa shape index (κ1) is 17.4. The van der Waals surface area contributed by atoms with E-state index in [1.165, 1.54) is 38.8 Å². The van der Waals surface area contributed by atoms with Crippen LogP contribution >= 0.6 is 0 Å². The summed E-state index contributed by atoms with van der Waals surface area (Å²) in [6.07, 6.45) is 3.93. The number of piperidine rings is 1. The molecule has 2 aliphatic rings. The maximum atomic E-state index is 14.0. The third-order valence-corrected chi connectivity index (χ3v) is 5.45. The van der Waals surface area contributed by atoms with E-state index in [0.717, 1.165) is 38.4 Å². The van der Waals surface area contributed by atoms with Gasteiger partial charge in [0.15, 0.2) is 5.78 Å². The minimum absolute atomic E-state index is 0.200. The molecule has 0 aliphatic carbocycles. The van der Waals surface area contributed by atoms with Crippen LogP contribution < -0.4 is 4.90 Å². The van der Waals surface area contributed by atoms with Crippen LogP contribution in [0.1, 0.15) is 36.5 Å². The maximum Gasteiger partial charge on any atom is 0.164 e. The van der Waals surface area contributed by atoms with Crippen molar-refractivity contribution in [1.29, 1.82) is 0 Å². The van der Waals surface area contributed by atoms with Crippen molar-refractivity contribution in [2.45, 2.75) is 32.2 Å². The van der Waals surface area contributed by atoms with E-state index >= 15 is 0 Å². The van der Waals surface area contributed by atoms with Gasteiger partial charge in [0.25, 0.3) is 0 Å². The second-order valence-corrected chi connectivity index (χ2v) is 7.11. The van der Waals surface area contributed by atoms with Gasteiger partial charge in [0.05, 0.1) is 11.3 Å². The zero-order valence-corrected chi connectivity index (χ0v) is 14.8. The number of halogens is 1. The molecule has 0 unspecified atom stereocenters. The van der Waals surface area contributed by atoms with Crippen molar-refractivity contribution >= 4 is 11.5 Å². The third kappa shape index (κ3) is 3.78. The highest BCUT2D eigenvalue weighted by molar-refractivity contribution is 6.00. The van der Waals surface area contributed by atoms with E-state index in [-0.39, 0.29) is 11.3 Å². The molecule has 0 aromatic heterocycles. The molecule has 2 fully saturated rings. The zero-order chi connectivity index (χ0) is 17.1. The fourth-order valence-corrected chi connectivity index (χ4v) is 3.97. The summed E-state index contributed by atoms with van der Waals surface area (Å²) in [7, 11) is 2.23. The van der Waals surface area contributed by atoms with Crippen LogP contribution in [0.5, 0.6) is 0 Å². The standard InChI is InChI=1S/C19H28FN3O/c1-15(24)19-17(20)7-5-8-18(19)23-12-10-22(11-13-23)14-16-6-3-4-9-21(16)2/h5,7-8,16H,3-4,6,9-14H2,1-2H3/t16-/m1/s1. The van der Waals surface area contributed by atoms with E-state index < -0.39 is 5.82 Å². The predicted octanol–water partition coefficient (Wildman–Crippen LogP) is 2.63. The van der Waals surface area contributed by atoms with Crippen LogP contribution in [-0.4, -0.2) is 67.9 Å². The average molecular weight is 333 g/mol. The Morgan fingerprint density at radius 1 is 1.17 bits per heavy atom. The van der Waals surface area contributed by atoms with E-state index in [9.17, 15) is 9.18 Å². The number of likely N-dealkylation sites (N-methyl/N-ethyl adjacent to an activating group) is 1. The Hall–Kier alpha value is -1.46. The molecule has 0 radical (unpaired) electrons. The number of carbonyl (C=O) groups is 1. The van der Waals surface area contributed by atoms with Crippen LogP contribution in [0.4, 0.5) is 10.1 Å². The highest BCUT2D eigenvalue weighted by atomic mass is 19.1. The van der Waals surface area contributed by atoms with E-state index in [2.05, 4.69) is 21.7 Å². The lowest BCUT2D eigenvalue weighted by atomic mass is 10.0. The van der Waals surface area contributed by atoms with E-state index in [1.54, 1.807) is 6.07 Å². The molecular formula is C19H28FN3O. The lowest BCUT2D eigenvalue weighted by molar-refractivity contribution is 0.101. The van der Waals surface area contributed by atoms with Gasteiger partial charge < -0.3 is 9.80 Å². The molecule has 132 valence electrons. The van der Waals surface area contributed by atoms with Crippen LogP contribution in [0.25, 0.3) is 0 Å². The van der Waals surface area contributed by atoms with Gasteiger partial charge in [-0.3, -0.25) is 9.69 Å². The second-order valence-electron chi connectivity index (χ2n) is 7.11. The third-order valence-electron chi connectivity index (χ3n) is 5.45. The molecular weight excluding hydrogens is 305 g/mol. The molecule has 0 spiro atoms. The monoisotopic (exact) mass is 333 g/mol. The topological polar surface area (TPSA) is 26.8 Å². The van der Waals surface area contributed by atoms with Gasteiger partial charge in [-0.25, -0.2) is 4.39 Å². The SMILES string of the molecule is CC(=O)c1c(F)cccc1N1CCN(C[C@H]2CCCCN2C)CC1. The number of benzene rings is 1. The zero-order valence-electron chi connectivity index (χ0n) is 14.8. The number of anilines is 1. The number of nitrogens with zero attached hydrogens (tertiary/aromatic N) is 3. The fraction of sp³-hybridized carbons (Fsp3) is 0.632. The van der Waals surface area contributed by atoms with Crippen LogP contribution in [0.2, 0.25) is 0 Å². The van der Waals surface area contributed by atoms with Gasteiger partial charge in [-0.05, 0) is 45.5 Å². The van der Waals surface area contributed by atoms with Crippen molar-refractivity contribution in [1.82, 2.24) is 9.80 Å². The van der Waals surface area contributed by atoms with Gasteiger partial charge in [-0.2, -0.15) is 0 Å². The molecule has 1 atom stereocenters. The molecule has 1 aromatic rings. The summed E-state index contributed by atoms with van der Waals surface area (Å²) in [4.78, 5) is 19.0. The first-order valence-electron chi connectivity index (χ1n) is 9.03. The summed E-state index contributed by atoms with van der Waals surface area (Å²) in [5, 5.41) is 0. The Morgan fingerprint density at radius 3 is 2.58 bits per heavy atom. The minimum Gasteiger partial charge on any atom is -0.368 e. The first-order chi connectivity index (χ1) is 11.6. The summed E-state index contributed by atoms with van der Waals surface area (Å²) >= 11 is 0. The summed E-state index contributed by atoms with van der Waals surface area (Å²) < 4.78 is 14.0. The van der Waals surface area contributed by atoms with Crippen molar-refractivity contribution in [3.8, 4) is 0 Å².